The van der Waals surface area contributed by atoms with E-state index in [1.165, 1.54) is 36.2 Å². The van der Waals surface area contributed by atoms with Gasteiger partial charge in [0.05, 0.1) is 11.8 Å². The largest absolute Gasteiger partial charge is 0.380 e. The summed E-state index contributed by atoms with van der Waals surface area (Å²) in [6.07, 6.45) is 9.09. The first-order valence-electron chi connectivity index (χ1n) is 12.2. The summed E-state index contributed by atoms with van der Waals surface area (Å²) in [5.41, 5.74) is -0.938. The van der Waals surface area contributed by atoms with Gasteiger partial charge in [-0.15, -0.1) is 0 Å². The van der Waals surface area contributed by atoms with Crippen LogP contribution in [0.15, 0.2) is 55.5 Å². The molecule has 5 heterocycles. The fourth-order valence-corrected chi connectivity index (χ4v) is 4.91. The zero-order valence-corrected chi connectivity index (χ0v) is 21.1. The van der Waals surface area contributed by atoms with Gasteiger partial charge >= 0.3 is 0 Å². The Morgan fingerprint density at radius 1 is 0.872 bits per heavy atom. The number of hydrogen-bond acceptors (Lipinski definition) is 8. The zero-order chi connectivity index (χ0) is 27.3. The number of piperazine rings is 1. The van der Waals surface area contributed by atoms with Crippen LogP contribution in [0.2, 0.25) is 0 Å². The molecule has 0 radical (unpaired) electrons. The van der Waals surface area contributed by atoms with Crippen molar-refractivity contribution in [1.29, 1.82) is 0 Å². The van der Waals surface area contributed by atoms with Gasteiger partial charge in [-0.05, 0) is 19.1 Å². The average Bonchev–Trinajstić information content (AvgIpc) is 3.51. The number of benzene rings is 1. The molecular weight excluding hydrogens is 511 g/mol. The molecule has 1 fully saturated rings. The Morgan fingerprint density at radius 2 is 1.54 bits per heavy atom. The molecule has 5 aromatic rings. The molecule has 0 saturated carbocycles. The number of halogens is 3. The van der Waals surface area contributed by atoms with Crippen molar-refractivity contribution in [3.05, 3.63) is 84.1 Å². The van der Waals surface area contributed by atoms with Crippen LogP contribution in [0.5, 0.6) is 0 Å². The third kappa shape index (κ3) is 4.24. The Bertz CT molecular complexity index is 1640. The van der Waals surface area contributed by atoms with Crippen LogP contribution in [-0.2, 0) is 12.6 Å². The number of fused-ring (bicyclic) bond motifs is 1. The van der Waals surface area contributed by atoms with E-state index < -0.39 is 28.6 Å². The van der Waals surface area contributed by atoms with Gasteiger partial charge < -0.3 is 14.9 Å². The summed E-state index contributed by atoms with van der Waals surface area (Å²) in [7, 11) is 1.77. The minimum Gasteiger partial charge on any atom is -0.380 e. The Hall–Kier alpha value is -4.52. The highest BCUT2D eigenvalue weighted by atomic mass is 19.1. The number of nitrogens with zero attached hydrogens (tertiary/aromatic N) is 9. The Labute approximate surface area is 221 Å². The standard InChI is InChI=1S/C26H24F3N9O/c1-26(39,21-19(27)4-3-5-20(21)28)17-11-30-25(31-12-17)37-8-6-36(7-9-37)24-23-22(29)18(14-38(23)34-15-32-24)16-10-33-35(2)13-16/h3-5,10-15,39H,6-9H2,1-2H3/t26-/m1/s1. The molecule has 1 atom stereocenters. The highest BCUT2D eigenvalue weighted by Crippen LogP contribution is 2.33. The predicted octanol–water partition coefficient (Wildman–Crippen LogP) is 2.92. The average molecular weight is 536 g/mol. The first-order chi connectivity index (χ1) is 18.7. The fourth-order valence-electron chi connectivity index (χ4n) is 4.91. The summed E-state index contributed by atoms with van der Waals surface area (Å²) in [5, 5.41) is 19.2. The second-order valence-electron chi connectivity index (χ2n) is 9.55. The second kappa shape index (κ2) is 9.34. The summed E-state index contributed by atoms with van der Waals surface area (Å²) in [5.74, 6) is -1.24. The molecule has 13 heteroatoms. The van der Waals surface area contributed by atoms with Crippen molar-refractivity contribution in [3.63, 3.8) is 0 Å². The van der Waals surface area contributed by atoms with Gasteiger partial charge in [-0.2, -0.15) is 10.2 Å². The van der Waals surface area contributed by atoms with Crippen molar-refractivity contribution in [3.8, 4) is 11.1 Å². The molecule has 0 bridgehead atoms. The molecule has 1 N–H and O–H groups in total. The van der Waals surface area contributed by atoms with E-state index in [4.69, 9.17) is 0 Å². The van der Waals surface area contributed by atoms with Crippen molar-refractivity contribution >= 4 is 17.3 Å². The summed E-state index contributed by atoms with van der Waals surface area (Å²) in [6.45, 7) is 3.37. The van der Waals surface area contributed by atoms with Crippen LogP contribution in [0.4, 0.5) is 24.9 Å². The minimum atomic E-state index is -1.96. The third-order valence-electron chi connectivity index (χ3n) is 7.02. The van der Waals surface area contributed by atoms with Crippen LogP contribution in [0.1, 0.15) is 18.1 Å². The highest BCUT2D eigenvalue weighted by Gasteiger charge is 2.33. The molecule has 0 unspecified atom stereocenters. The van der Waals surface area contributed by atoms with Crippen molar-refractivity contribution in [2.45, 2.75) is 12.5 Å². The lowest BCUT2D eigenvalue weighted by molar-refractivity contribution is 0.0926. The van der Waals surface area contributed by atoms with E-state index >= 15 is 4.39 Å². The third-order valence-corrected chi connectivity index (χ3v) is 7.02. The van der Waals surface area contributed by atoms with E-state index in [0.29, 0.717) is 49.1 Å². The van der Waals surface area contributed by atoms with Crippen LogP contribution < -0.4 is 9.80 Å². The lowest BCUT2D eigenvalue weighted by atomic mass is 9.89. The highest BCUT2D eigenvalue weighted by molar-refractivity contribution is 5.78. The van der Waals surface area contributed by atoms with Gasteiger partial charge in [0.15, 0.2) is 11.6 Å². The lowest BCUT2D eigenvalue weighted by Crippen LogP contribution is -2.47. The summed E-state index contributed by atoms with van der Waals surface area (Å²) in [6, 6.07) is 3.42. The van der Waals surface area contributed by atoms with Crippen LogP contribution in [0, 0.1) is 17.5 Å². The molecule has 10 nitrogen and oxygen atoms in total. The molecule has 0 spiro atoms. The number of anilines is 2. The number of aryl methyl sites for hydroxylation is 1. The van der Waals surface area contributed by atoms with Gasteiger partial charge in [0.25, 0.3) is 0 Å². The van der Waals surface area contributed by atoms with Gasteiger partial charge in [0, 0.05) is 74.7 Å². The van der Waals surface area contributed by atoms with Gasteiger partial charge in [0.2, 0.25) is 5.95 Å². The van der Waals surface area contributed by atoms with Gasteiger partial charge in [-0.25, -0.2) is 32.6 Å². The van der Waals surface area contributed by atoms with E-state index in [9.17, 15) is 13.9 Å². The maximum atomic E-state index is 15.5. The van der Waals surface area contributed by atoms with Crippen molar-refractivity contribution in [2.75, 3.05) is 36.0 Å². The van der Waals surface area contributed by atoms with Crippen LogP contribution >= 0.6 is 0 Å². The zero-order valence-electron chi connectivity index (χ0n) is 21.1. The quantitative estimate of drug-likeness (QED) is 0.367. The number of hydrogen-bond donors (Lipinski definition) is 1. The van der Waals surface area contributed by atoms with Crippen LogP contribution in [0.25, 0.3) is 16.6 Å². The van der Waals surface area contributed by atoms with E-state index in [0.717, 1.165) is 12.1 Å². The second-order valence-corrected chi connectivity index (χ2v) is 9.55. The smallest absolute Gasteiger partial charge is 0.225 e. The van der Waals surface area contributed by atoms with Gasteiger partial charge in [0.1, 0.15) is 29.1 Å². The number of aliphatic hydroxyl groups is 1. The predicted molar refractivity (Wildman–Crippen MR) is 137 cm³/mol. The van der Waals surface area contributed by atoms with Gasteiger partial charge in [-0.3, -0.25) is 4.68 Å². The van der Waals surface area contributed by atoms with Crippen molar-refractivity contribution < 1.29 is 18.3 Å². The molecule has 1 saturated heterocycles. The Balaban J connectivity index is 1.20. The van der Waals surface area contributed by atoms with Crippen LogP contribution in [-0.4, -0.2) is 65.6 Å². The summed E-state index contributed by atoms with van der Waals surface area (Å²) >= 11 is 0. The Morgan fingerprint density at radius 3 is 2.18 bits per heavy atom. The van der Waals surface area contributed by atoms with Crippen LogP contribution in [0.3, 0.4) is 0 Å². The SMILES string of the molecule is Cn1cc(-c2cn3ncnc(N4CCN(c5ncc([C@@](C)(O)c6c(F)cccc6F)cn5)CC4)c3c2F)cn1. The molecule has 6 rings (SSSR count). The molecule has 0 aliphatic carbocycles. The normalized spacial score (nSPS) is 15.6. The molecular formula is C26H24F3N9O. The molecule has 1 aromatic carbocycles. The number of rotatable bonds is 5. The topological polar surface area (TPSA) is 101 Å². The van der Waals surface area contributed by atoms with Gasteiger partial charge in [-0.1, -0.05) is 6.07 Å². The first kappa shape index (κ1) is 24.8. The summed E-state index contributed by atoms with van der Waals surface area (Å²) in [4.78, 5) is 17.0. The van der Waals surface area contributed by atoms with E-state index in [2.05, 4.69) is 25.1 Å². The molecule has 39 heavy (non-hydrogen) atoms. The first-order valence-corrected chi connectivity index (χ1v) is 12.2. The molecule has 1 aliphatic rings. The minimum absolute atomic E-state index is 0.158. The monoisotopic (exact) mass is 535 g/mol. The molecule has 4 aromatic heterocycles. The Kier molecular flexibility index (Phi) is 5.94. The van der Waals surface area contributed by atoms with E-state index in [1.54, 1.807) is 30.3 Å². The summed E-state index contributed by atoms with van der Waals surface area (Å²) < 4.78 is 47.2. The maximum absolute atomic E-state index is 15.5. The number of aromatic nitrogens is 7. The molecule has 1 aliphatic heterocycles. The van der Waals surface area contributed by atoms with Crippen molar-refractivity contribution in [1.82, 2.24) is 34.3 Å². The van der Waals surface area contributed by atoms with E-state index in [-0.39, 0.29) is 11.1 Å². The molecule has 0 amide bonds. The maximum Gasteiger partial charge on any atom is 0.225 e. The molecule has 200 valence electrons. The fraction of sp³-hybridized carbons (Fsp3) is 0.269. The lowest BCUT2D eigenvalue weighted by Gasteiger charge is -2.35. The van der Waals surface area contributed by atoms with E-state index in [1.807, 2.05) is 9.80 Å². The van der Waals surface area contributed by atoms with Crippen molar-refractivity contribution in [2.24, 2.45) is 7.05 Å².